The first-order chi connectivity index (χ1) is 15.7. The molecule has 0 unspecified atom stereocenters. The second-order valence-corrected chi connectivity index (χ2v) is 12.6. The largest absolute Gasteiger partial charge is 0.390 e. The van der Waals surface area contributed by atoms with Crippen LogP contribution in [0.25, 0.3) is 11.2 Å². The fourth-order valence-electron chi connectivity index (χ4n) is 9.11. The van der Waals surface area contributed by atoms with Crippen molar-refractivity contribution in [2.75, 3.05) is 0 Å². The standard InChI is InChI=1S/C27H38N4O2/c1-25(33)10-11-26(2)17(14-25)4-5-18-19-6-7-21(27(19,3)9-8-20(18)26)23(32)16-31-15-22-24(30-31)29-13-12-28-22/h12-13,15,17-21,33H,4-11,14,16H2,1-3H3/t17-,18+,19+,20+,21-,25-,26+,27+/m1/s1. The Labute approximate surface area is 196 Å². The van der Waals surface area contributed by atoms with Gasteiger partial charge in [0.05, 0.1) is 18.3 Å². The third-order valence-corrected chi connectivity index (χ3v) is 10.9. The molecule has 178 valence electrons. The highest BCUT2D eigenvalue weighted by Crippen LogP contribution is 2.68. The van der Waals surface area contributed by atoms with Gasteiger partial charge in [0.1, 0.15) is 5.52 Å². The van der Waals surface area contributed by atoms with Gasteiger partial charge in [0.2, 0.25) is 0 Å². The van der Waals surface area contributed by atoms with Gasteiger partial charge in [-0.15, -0.1) is 0 Å². The Bertz CT molecular complexity index is 1050. The highest BCUT2D eigenvalue weighted by molar-refractivity contribution is 5.82. The van der Waals surface area contributed by atoms with E-state index < -0.39 is 5.60 Å². The van der Waals surface area contributed by atoms with Gasteiger partial charge in [0.25, 0.3) is 0 Å². The normalized spacial score (nSPS) is 44.8. The van der Waals surface area contributed by atoms with Crippen molar-refractivity contribution in [2.45, 2.75) is 90.7 Å². The maximum absolute atomic E-state index is 13.5. The topological polar surface area (TPSA) is 80.9 Å². The van der Waals surface area contributed by atoms with E-state index in [9.17, 15) is 9.90 Å². The molecule has 2 heterocycles. The van der Waals surface area contributed by atoms with Crippen molar-refractivity contribution in [1.82, 2.24) is 19.7 Å². The quantitative estimate of drug-likeness (QED) is 0.726. The number of carbonyl (C=O) groups is 1. The van der Waals surface area contributed by atoms with E-state index in [-0.39, 0.29) is 11.3 Å². The van der Waals surface area contributed by atoms with E-state index in [1.54, 1.807) is 17.1 Å². The molecule has 4 saturated carbocycles. The SMILES string of the molecule is C[C@@]1(O)CC[C@@]2(C)[C@H](CC[C@@H]3[C@@H]2CC[C@]2(C)[C@@H](C(=O)Cn4cc5nccnc5n4)CC[C@@H]32)C1. The van der Waals surface area contributed by atoms with Crippen LogP contribution in [0, 0.1) is 40.4 Å². The zero-order valence-electron chi connectivity index (χ0n) is 20.3. The molecule has 4 aliphatic carbocycles. The predicted molar refractivity (Wildman–Crippen MR) is 126 cm³/mol. The molecule has 4 aliphatic rings. The summed E-state index contributed by atoms with van der Waals surface area (Å²) in [5.74, 6) is 3.28. The van der Waals surface area contributed by atoms with Crippen molar-refractivity contribution in [2.24, 2.45) is 40.4 Å². The van der Waals surface area contributed by atoms with Crippen molar-refractivity contribution in [3.8, 4) is 0 Å². The Kier molecular flexibility index (Phi) is 4.82. The number of aliphatic hydroxyl groups is 1. The molecule has 0 saturated heterocycles. The van der Waals surface area contributed by atoms with Crippen molar-refractivity contribution < 1.29 is 9.90 Å². The summed E-state index contributed by atoms with van der Waals surface area (Å²) in [6, 6.07) is 0. The summed E-state index contributed by atoms with van der Waals surface area (Å²) in [5.41, 5.74) is 1.36. The molecule has 0 amide bonds. The van der Waals surface area contributed by atoms with E-state index in [1.165, 1.54) is 25.7 Å². The van der Waals surface area contributed by atoms with Gasteiger partial charge in [-0.2, -0.15) is 5.10 Å². The van der Waals surface area contributed by atoms with Crippen LogP contribution in [0.1, 0.15) is 78.6 Å². The minimum Gasteiger partial charge on any atom is -0.390 e. The Morgan fingerprint density at radius 2 is 1.79 bits per heavy atom. The molecule has 1 N–H and O–H groups in total. The molecule has 8 atom stereocenters. The number of hydrogen-bond donors (Lipinski definition) is 1. The number of Topliss-reactive ketones (excluding diaryl/α,β-unsaturated/α-hetero) is 1. The van der Waals surface area contributed by atoms with Gasteiger partial charge in [-0.05, 0) is 99.2 Å². The zero-order chi connectivity index (χ0) is 23.0. The molecule has 6 heteroatoms. The van der Waals surface area contributed by atoms with Gasteiger partial charge in [-0.3, -0.25) is 9.48 Å². The summed E-state index contributed by atoms with van der Waals surface area (Å²) in [6.45, 7) is 7.33. The van der Waals surface area contributed by atoms with E-state index in [4.69, 9.17) is 0 Å². The van der Waals surface area contributed by atoms with Crippen molar-refractivity contribution in [3.05, 3.63) is 18.6 Å². The number of nitrogens with zero attached hydrogens (tertiary/aromatic N) is 4. The second-order valence-electron chi connectivity index (χ2n) is 12.6. The van der Waals surface area contributed by atoms with Gasteiger partial charge >= 0.3 is 0 Å². The van der Waals surface area contributed by atoms with Crippen LogP contribution in [0.5, 0.6) is 0 Å². The van der Waals surface area contributed by atoms with Crippen molar-refractivity contribution in [1.29, 1.82) is 0 Å². The summed E-state index contributed by atoms with van der Waals surface area (Å²) in [6.07, 6.45) is 15.4. The Morgan fingerprint density at radius 1 is 1.00 bits per heavy atom. The van der Waals surface area contributed by atoms with E-state index in [2.05, 4.69) is 28.9 Å². The molecule has 6 nitrogen and oxygen atoms in total. The minimum absolute atomic E-state index is 0.116. The van der Waals surface area contributed by atoms with Gasteiger partial charge in [0.15, 0.2) is 11.4 Å². The lowest BCUT2D eigenvalue weighted by Gasteiger charge is -2.61. The highest BCUT2D eigenvalue weighted by atomic mass is 16.3. The van der Waals surface area contributed by atoms with Crippen LogP contribution in [0.4, 0.5) is 0 Å². The van der Waals surface area contributed by atoms with E-state index in [0.717, 1.165) is 49.5 Å². The molecule has 0 radical (unpaired) electrons. The average Bonchev–Trinajstić information content (AvgIpc) is 3.34. The lowest BCUT2D eigenvalue weighted by Crippen LogP contribution is -2.55. The summed E-state index contributed by atoms with van der Waals surface area (Å²) in [7, 11) is 0. The lowest BCUT2D eigenvalue weighted by atomic mass is 9.44. The van der Waals surface area contributed by atoms with Gasteiger partial charge in [0, 0.05) is 18.3 Å². The average molecular weight is 451 g/mol. The van der Waals surface area contributed by atoms with Crippen LogP contribution in [0.15, 0.2) is 18.6 Å². The second kappa shape index (κ2) is 7.34. The molecule has 33 heavy (non-hydrogen) atoms. The van der Waals surface area contributed by atoms with Crippen molar-refractivity contribution >= 4 is 16.9 Å². The van der Waals surface area contributed by atoms with Gasteiger partial charge in [-0.25, -0.2) is 9.97 Å². The summed E-state index contributed by atoms with van der Waals surface area (Å²) in [4.78, 5) is 22.1. The van der Waals surface area contributed by atoms with E-state index in [1.807, 2.05) is 13.1 Å². The molecule has 0 aromatic carbocycles. The number of ketones is 1. The molecular weight excluding hydrogens is 412 g/mol. The highest BCUT2D eigenvalue weighted by Gasteiger charge is 2.61. The molecule has 0 spiro atoms. The Morgan fingerprint density at radius 3 is 2.61 bits per heavy atom. The third-order valence-electron chi connectivity index (χ3n) is 10.9. The maximum Gasteiger partial charge on any atom is 0.199 e. The molecule has 0 bridgehead atoms. The molecule has 6 rings (SSSR count). The molecule has 0 aliphatic heterocycles. The lowest BCUT2D eigenvalue weighted by molar-refractivity contribution is -0.151. The predicted octanol–water partition coefficient (Wildman–Crippen LogP) is 4.81. The molecule has 2 aromatic rings. The number of carbonyl (C=O) groups excluding carboxylic acids is 1. The van der Waals surface area contributed by atoms with Crippen LogP contribution >= 0.6 is 0 Å². The van der Waals surface area contributed by atoms with Crippen LogP contribution in [0.3, 0.4) is 0 Å². The Balaban J connectivity index is 1.21. The van der Waals surface area contributed by atoms with Crippen LogP contribution in [-0.4, -0.2) is 36.2 Å². The fourth-order valence-corrected chi connectivity index (χ4v) is 9.11. The van der Waals surface area contributed by atoms with Crippen molar-refractivity contribution in [3.63, 3.8) is 0 Å². The monoisotopic (exact) mass is 450 g/mol. The van der Waals surface area contributed by atoms with Crippen LogP contribution in [-0.2, 0) is 11.3 Å². The number of aromatic nitrogens is 4. The molecular formula is C27H38N4O2. The molecule has 4 fully saturated rings. The Hall–Kier alpha value is -1.82. The number of hydrogen-bond acceptors (Lipinski definition) is 5. The summed E-state index contributed by atoms with van der Waals surface area (Å²) in [5, 5.41) is 15.2. The fraction of sp³-hybridized carbons (Fsp3) is 0.778. The van der Waals surface area contributed by atoms with Gasteiger partial charge in [-0.1, -0.05) is 13.8 Å². The minimum atomic E-state index is -0.479. The smallest absolute Gasteiger partial charge is 0.199 e. The third kappa shape index (κ3) is 3.30. The summed E-state index contributed by atoms with van der Waals surface area (Å²) < 4.78 is 1.75. The number of rotatable bonds is 3. The van der Waals surface area contributed by atoms with E-state index >= 15 is 0 Å². The summed E-state index contributed by atoms with van der Waals surface area (Å²) >= 11 is 0. The first kappa shape index (κ1) is 21.7. The molecule has 2 aromatic heterocycles. The van der Waals surface area contributed by atoms with Crippen LogP contribution < -0.4 is 0 Å². The zero-order valence-corrected chi connectivity index (χ0v) is 20.3. The van der Waals surface area contributed by atoms with Gasteiger partial charge < -0.3 is 5.11 Å². The number of fused-ring (bicyclic) bond motifs is 6. The van der Waals surface area contributed by atoms with E-state index in [0.29, 0.717) is 35.2 Å². The maximum atomic E-state index is 13.5. The first-order valence-corrected chi connectivity index (χ1v) is 13.1. The first-order valence-electron chi connectivity index (χ1n) is 13.1. The van der Waals surface area contributed by atoms with Crippen LogP contribution in [0.2, 0.25) is 0 Å².